The van der Waals surface area contributed by atoms with Gasteiger partial charge in [-0.1, -0.05) is 95.1 Å². The smallest absolute Gasteiger partial charge is 0.222 e. The number of hydrogen-bond acceptors (Lipinski definition) is 4. The molecule has 2 N–H and O–H groups in total. The van der Waals surface area contributed by atoms with Crippen molar-refractivity contribution in [1.82, 2.24) is 0 Å². The lowest BCUT2D eigenvalue weighted by atomic mass is 10.4. The van der Waals surface area contributed by atoms with Crippen LogP contribution in [0.25, 0.3) is 0 Å². The molecule has 21 heavy (non-hydrogen) atoms. The van der Waals surface area contributed by atoms with E-state index in [1.807, 2.05) is 72.8 Å². The normalized spacial score (nSPS) is 5.33. The molecule has 0 bridgehead atoms. The molecule has 0 aliphatic carbocycles. The molecule has 0 fully saturated rings. The van der Waals surface area contributed by atoms with Crippen molar-refractivity contribution >= 4 is 12.2 Å². The molecule has 4 heteroatoms. The second kappa shape index (κ2) is 36.0. The van der Waals surface area contributed by atoms with Crippen molar-refractivity contribution in [2.75, 3.05) is 0 Å². The molecule has 4 nitrogen and oxygen atoms in total. The number of rotatable bonds is 0. The average Bonchev–Trinajstić information content (AvgIpc) is 2.45. The maximum Gasteiger partial charge on any atom is 0.231 e. The summed E-state index contributed by atoms with van der Waals surface area (Å²) in [4.78, 5) is 16.7. The number of nitrogens with one attached hydrogen (secondary N) is 2. The molecule has 0 atom stereocenters. The van der Waals surface area contributed by atoms with E-state index in [0.29, 0.717) is 0 Å². The van der Waals surface area contributed by atoms with Crippen molar-refractivity contribution in [3.05, 3.63) is 72.8 Å². The lowest BCUT2D eigenvalue weighted by molar-refractivity contribution is 0.562. The van der Waals surface area contributed by atoms with Gasteiger partial charge >= 0.3 is 0 Å². The van der Waals surface area contributed by atoms with E-state index < -0.39 is 0 Å². The number of carbonyl (C=O) groups excluding carboxylic acids is 2. The highest BCUT2D eigenvalue weighted by Gasteiger charge is 1.58. The van der Waals surface area contributed by atoms with Crippen LogP contribution in [0, 0.1) is 10.8 Å². The third-order valence-electron chi connectivity index (χ3n) is 1.33. The van der Waals surface area contributed by atoms with E-state index in [2.05, 4.69) is 0 Å². The lowest BCUT2D eigenvalue weighted by Crippen LogP contribution is -1.47. The molecule has 0 saturated heterocycles. The molecule has 0 radical (unpaired) electrons. The van der Waals surface area contributed by atoms with Crippen LogP contribution >= 0.6 is 0 Å². The van der Waals surface area contributed by atoms with Crippen molar-refractivity contribution in [2.24, 2.45) is 0 Å². The van der Waals surface area contributed by atoms with Crippen molar-refractivity contribution in [3.63, 3.8) is 0 Å². The van der Waals surface area contributed by atoms with Crippen LogP contribution in [0.15, 0.2) is 72.8 Å². The Kier molecular flexibility index (Phi) is 53.0. The van der Waals surface area contributed by atoms with Gasteiger partial charge in [0, 0.05) is 0 Å². The zero-order chi connectivity index (χ0) is 13.9. The summed E-state index contributed by atoms with van der Waals surface area (Å²) in [5.41, 5.74) is 0. The Morgan fingerprint density at radius 3 is 0.524 bits per heavy atom. The molecule has 116 valence electrons. The molecule has 0 spiro atoms. The molecule has 0 amide bonds. The van der Waals surface area contributed by atoms with E-state index in [1.165, 1.54) is 0 Å². The topological polar surface area (TPSA) is 81.8 Å². The second-order valence-electron chi connectivity index (χ2n) is 2.51. The van der Waals surface area contributed by atoms with Crippen LogP contribution in [0.1, 0.15) is 22.3 Å². The van der Waals surface area contributed by atoms with Gasteiger partial charge in [0.2, 0.25) is 12.2 Å². The van der Waals surface area contributed by atoms with Gasteiger partial charge in [-0.25, -0.2) is 20.4 Å². The Morgan fingerprint density at radius 1 is 0.429 bits per heavy atom. The molecule has 2 rings (SSSR count). The summed E-state index contributed by atoms with van der Waals surface area (Å²) >= 11 is 0. The summed E-state index contributed by atoms with van der Waals surface area (Å²) in [6.45, 7) is 0. The zero-order valence-corrected chi connectivity index (χ0v) is 9.74. The maximum absolute atomic E-state index is 8.35. The maximum atomic E-state index is 8.35. The minimum atomic E-state index is 0. The molecule has 2 aromatic carbocycles. The van der Waals surface area contributed by atoms with Crippen LogP contribution in [0.4, 0.5) is 0 Å². The van der Waals surface area contributed by atoms with E-state index in [9.17, 15) is 0 Å². The lowest BCUT2D eigenvalue weighted by Gasteiger charge is -1.69. The van der Waals surface area contributed by atoms with E-state index in [0.717, 1.165) is 12.2 Å². The van der Waals surface area contributed by atoms with Crippen molar-refractivity contribution in [3.8, 4) is 0 Å². The van der Waals surface area contributed by atoms with Crippen LogP contribution in [0.3, 0.4) is 0 Å². The summed E-state index contributed by atoms with van der Waals surface area (Å²) in [7, 11) is 0. The van der Waals surface area contributed by atoms with E-state index in [-0.39, 0.29) is 22.3 Å². The van der Waals surface area contributed by atoms with E-state index >= 15 is 0 Å². The van der Waals surface area contributed by atoms with Gasteiger partial charge in [0.05, 0.1) is 0 Å². The van der Waals surface area contributed by atoms with Gasteiger partial charge in [0.25, 0.3) is 0 Å². The molecule has 0 aliphatic rings. The first kappa shape index (κ1) is 30.9. The Morgan fingerprint density at radius 2 is 0.476 bits per heavy atom. The molecule has 0 heterocycles. The highest BCUT2D eigenvalue weighted by atomic mass is 16.1. The van der Waals surface area contributed by atoms with Crippen molar-refractivity contribution < 1.29 is 9.59 Å². The highest BCUT2D eigenvalue weighted by Crippen LogP contribution is 1.80. The van der Waals surface area contributed by atoms with Crippen molar-refractivity contribution in [1.29, 1.82) is 10.8 Å². The van der Waals surface area contributed by atoms with Gasteiger partial charge in [-0.05, 0) is 0 Å². The predicted molar refractivity (Wildman–Crippen MR) is 89.9 cm³/mol. The quantitative estimate of drug-likeness (QED) is 0.523. The van der Waals surface area contributed by atoms with Crippen LogP contribution in [0.2, 0.25) is 0 Å². The SMILES string of the molecule is C.C.C.N=C=O.N=C=O.c1ccccc1.c1ccccc1. The van der Waals surface area contributed by atoms with Crippen molar-refractivity contribution in [2.45, 2.75) is 22.3 Å². The molecule has 0 aromatic heterocycles. The van der Waals surface area contributed by atoms with Gasteiger partial charge < -0.3 is 0 Å². The number of hydrogen-bond donors (Lipinski definition) is 2. The fourth-order valence-corrected chi connectivity index (χ4v) is 0.770. The molecule has 0 aliphatic heterocycles. The molecule has 0 saturated carbocycles. The first-order valence-corrected chi connectivity index (χ1v) is 4.91. The summed E-state index contributed by atoms with van der Waals surface area (Å²) in [5.74, 6) is 0. The molecular formula is C17H26N2O2. The Hall–Kier alpha value is -2.80. The number of benzene rings is 2. The number of isocyanates is 2. The fourth-order valence-electron chi connectivity index (χ4n) is 0.770. The largest absolute Gasteiger partial charge is 0.231 e. The summed E-state index contributed by atoms with van der Waals surface area (Å²) in [6.07, 6.45) is 1.50. The highest BCUT2D eigenvalue weighted by molar-refractivity contribution is 5.26. The average molecular weight is 290 g/mol. The van der Waals surface area contributed by atoms with Gasteiger partial charge in [0.15, 0.2) is 0 Å². The van der Waals surface area contributed by atoms with Gasteiger partial charge in [-0.2, -0.15) is 0 Å². The van der Waals surface area contributed by atoms with Gasteiger partial charge in [-0.3, -0.25) is 0 Å². The second-order valence-corrected chi connectivity index (χ2v) is 2.51. The minimum Gasteiger partial charge on any atom is -0.222 e. The minimum absolute atomic E-state index is 0. The van der Waals surface area contributed by atoms with E-state index in [4.69, 9.17) is 20.4 Å². The first-order chi connectivity index (χ1) is 8.83. The van der Waals surface area contributed by atoms with Crippen LogP contribution < -0.4 is 0 Å². The summed E-state index contributed by atoms with van der Waals surface area (Å²) in [5, 5.41) is 10.8. The Bertz CT molecular complexity index is 322. The standard InChI is InChI=1S/2C6H6.2CHNO.3CH4/c2*1-2-4-6-5-3-1;2*2-1-3;;;/h2*1-6H;2*2H;3*1H4. The van der Waals surface area contributed by atoms with Crippen LogP contribution in [-0.4, -0.2) is 12.2 Å². The summed E-state index contributed by atoms with van der Waals surface area (Å²) < 4.78 is 0. The van der Waals surface area contributed by atoms with Crippen LogP contribution in [0.5, 0.6) is 0 Å². The molecular weight excluding hydrogens is 264 g/mol. The van der Waals surface area contributed by atoms with Gasteiger partial charge in [0.1, 0.15) is 0 Å². The fraction of sp³-hybridized carbons (Fsp3) is 0.176. The molecule has 0 unspecified atom stereocenters. The summed E-state index contributed by atoms with van der Waals surface area (Å²) in [6, 6.07) is 24.0. The first-order valence-electron chi connectivity index (χ1n) is 4.91. The third kappa shape index (κ3) is 47.0. The molecule has 2 aromatic rings. The Labute approximate surface area is 128 Å². The van der Waals surface area contributed by atoms with E-state index in [1.54, 1.807) is 0 Å². The zero-order valence-electron chi connectivity index (χ0n) is 9.74. The monoisotopic (exact) mass is 290 g/mol. The Balaban J connectivity index is -0.0000000545. The predicted octanol–water partition coefficient (Wildman–Crippen LogP) is 5.08. The van der Waals surface area contributed by atoms with Crippen LogP contribution in [-0.2, 0) is 9.59 Å². The van der Waals surface area contributed by atoms with Gasteiger partial charge in [-0.15, -0.1) is 0 Å². The third-order valence-corrected chi connectivity index (χ3v) is 1.33.